The van der Waals surface area contributed by atoms with Crippen molar-refractivity contribution in [2.75, 3.05) is 4.90 Å². The number of amides is 2. The van der Waals surface area contributed by atoms with Crippen LogP contribution in [0.5, 0.6) is 0 Å². The van der Waals surface area contributed by atoms with Crippen LogP contribution in [0.3, 0.4) is 0 Å². The van der Waals surface area contributed by atoms with Gasteiger partial charge < -0.3 is 4.90 Å². The Morgan fingerprint density at radius 1 is 1.02 bits per heavy atom. The van der Waals surface area contributed by atoms with Crippen molar-refractivity contribution in [1.82, 2.24) is 14.5 Å². The predicted octanol–water partition coefficient (Wildman–Crippen LogP) is 5.31. The molecule has 0 bridgehead atoms. The number of para-hydroxylation sites is 2. The van der Waals surface area contributed by atoms with Gasteiger partial charge in [-0.25, -0.2) is 4.98 Å². The summed E-state index contributed by atoms with van der Waals surface area (Å²) in [4.78, 5) is 51.1. The second-order valence-electron chi connectivity index (χ2n) is 12.0. The van der Waals surface area contributed by atoms with Crippen LogP contribution in [0.4, 0.5) is 5.69 Å². The molecule has 1 saturated heterocycles. The maximum absolute atomic E-state index is 14.9. The molecule has 7 rings (SSSR count). The Morgan fingerprint density at radius 2 is 1.71 bits per heavy atom. The molecule has 0 radical (unpaired) electrons. The van der Waals surface area contributed by atoms with Crippen LogP contribution in [0.1, 0.15) is 56.2 Å². The van der Waals surface area contributed by atoms with Gasteiger partial charge in [-0.15, -0.1) is 6.58 Å². The lowest BCUT2D eigenvalue weighted by Gasteiger charge is -2.46. The minimum atomic E-state index is -0.798. The first-order valence-electron chi connectivity index (χ1n) is 14.1. The van der Waals surface area contributed by atoms with Crippen LogP contribution in [-0.4, -0.2) is 32.4 Å². The van der Waals surface area contributed by atoms with Crippen molar-refractivity contribution in [3.05, 3.63) is 119 Å². The lowest BCUT2D eigenvalue weighted by atomic mass is 9.60. The van der Waals surface area contributed by atoms with E-state index in [0.717, 1.165) is 16.8 Å². The van der Waals surface area contributed by atoms with E-state index in [-0.39, 0.29) is 17.4 Å². The molecule has 0 unspecified atom stereocenters. The number of rotatable bonds is 4. The zero-order valence-corrected chi connectivity index (χ0v) is 23.4. The summed E-state index contributed by atoms with van der Waals surface area (Å²) in [7, 11) is 0. The first-order valence-corrected chi connectivity index (χ1v) is 14.1. The number of allylic oxidation sites excluding steroid dienone is 1. The number of fused-ring (bicyclic) bond motifs is 8. The molecule has 0 aliphatic carbocycles. The molecular formula is C34H32N4O3. The van der Waals surface area contributed by atoms with E-state index >= 15 is 0 Å². The van der Waals surface area contributed by atoms with Gasteiger partial charge in [0, 0.05) is 24.4 Å². The quantitative estimate of drug-likeness (QED) is 0.327. The predicted molar refractivity (Wildman–Crippen MR) is 158 cm³/mol. The molecule has 0 saturated carbocycles. The number of carbonyl (C=O) groups excluding carboxylic acids is 2. The molecule has 4 atom stereocenters. The van der Waals surface area contributed by atoms with Crippen LogP contribution >= 0.6 is 0 Å². The fourth-order valence-corrected chi connectivity index (χ4v) is 7.66. The number of benzene rings is 3. The normalized spacial score (nSPS) is 24.6. The zero-order chi connectivity index (χ0) is 28.7. The highest BCUT2D eigenvalue weighted by molar-refractivity contribution is 5.98. The van der Waals surface area contributed by atoms with Crippen LogP contribution < -0.4 is 10.5 Å². The van der Waals surface area contributed by atoms with E-state index in [9.17, 15) is 14.4 Å². The standard InChI is InChI=1S/C34H32N4O3/c1-5-33(3,4)34-20-28-29-35-25-17-11-9-15-23(25)30(40)37(29)27(19-22-13-7-6-8-14-22)31(41)38(28)32(34)36(21(2)39)26-18-12-10-16-24(26)34/h5-18,27-28,32H,1,19-20H2,2-4H3/t27-,28+,32+,34-/m1/s1. The van der Waals surface area contributed by atoms with Crippen molar-refractivity contribution in [2.45, 2.75) is 57.3 Å². The van der Waals surface area contributed by atoms with E-state index in [1.54, 1.807) is 22.5 Å². The molecule has 0 N–H and O–H groups in total. The van der Waals surface area contributed by atoms with Crippen molar-refractivity contribution >= 4 is 28.4 Å². The summed E-state index contributed by atoms with van der Waals surface area (Å²) in [5.41, 5.74) is 2.01. The molecule has 1 fully saturated rings. The Balaban J connectivity index is 1.53. The third kappa shape index (κ3) is 3.26. The van der Waals surface area contributed by atoms with E-state index in [1.807, 2.05) is 77.7 Å². The van der Waals surface area contributed by atoms with Gasteiger partial charge in [0.25, 0.3) is 5.56 Å². The first-order chi connectivity index (χ1) is 19.7. The van der Waals surface area contributed by atoms with E-state index < -0.39 is 29.1 Å². The summed E-state index contributed by atoms with van der Waals surface area (Å²) < 4.78 is 1.64. The second-order valence-corrected chi connectivity index (χ2v) is 12.0. The number of anilines is 1. The SMILES string of the molecule is C=CC(C)(C)[C@@]12C[C@H]3c4nc5ccccc5c(=O)n4[C@H](Cc4ccccc4)C(=O)N3[C@@H]1N(C(C)=O)c1ccccc12. The summed E-state index contributed by atoms with van der Waals surface area (Å²) in [6.45, 7) is 10.0. The monoisotopic (exact) mass is 544 g/mol. The van der Waals surface area contributed by atoms with Gasteiger partial charge in [-0.3, -0.25) is 23.9 Å². The molecular weight excluding hydrogens is 512 g/mol. The van der Waals surface area contributed by atoms with Gasteiger partial charge in [-0.05, 0) is 41.2 Å². The number of carbonyl (C=O) groups is 2. The fraction of sp³-hybridized carbons (Fsp3) is 0.294. The third-order valence-electron chi connectivity index (χ3n) is 9.70. The molecule has 3 aliphatic rings. The summed E-state index contributed by atoms with van der Waals surface area (Å²) >= 11 is 0. The number of hydrogen-bond acceptors (Lipinski definition) is 4. The molecule has 206 valence electrons. The van der Waals surface area contributed by atoms with Gasteiger partial charge in [-0.2, -0.15) is 0 Å². The number of nitrogens with zero attached hydrogens (tertiary/aromatic N) is 4. The Hall–Kier alpha value is -4.52. The Kier molecular flexibility index (Phi) is 5.42. The van der Waals surface area contributed by atoms with Crippen LogP contribution in [-0.2, 0) is 21.4 Å². The first kappa shape index (κ1) is 25.4. The van der Waals surface area contributed by atoms with Gasteiger partial charge in [0.2, 0.25) is 11.8 Å². The van der Waals surface area contributed by atoms with Crippen LogP contribution in [0.2, 0.25) is 0 Å². The van der Waals surface area contributed by atoms with Crippen LogP contribution in [0, 0.1) is 5.41 Å². The minimum Gasteiger partial charge on any atom is -0.309 e. The van der Waals surface area contributed by atoms with Gasteiger partial charge >= 0.3 is 0 Å². The highest BCUT2D eigenvalue weighted by atomic mass is 16.2. The highest BCUT2D eigenvalue weighted by Crippen LogP contribution is 2.65. The maximum atomic E-state index is 14.9. The summed E-state index contributed by atoms with van der Waals surface area (Å²) in [6.07, 6.45) is 2.20. The molecule has 3 aliphatic heterocycles. The molecule has 4 heterocycles. The Bertz CT molecular complexity index is 1810. The largest absolute Gasteiger partial charge is 0.309 e. The average Bonchev–Trinajstić information content (AvgIpc) is 3.48. The van der Waals surface area contributed by atoms with E-state index in [0.29, 0.717) is 29.6 Å². The number of aromatic nitrogens is 2. The lowest BCUT2D eigenvalue weighted by molar-refractivity contribution is -0.141. The maximum Gasteiger partial charge on any atom is 0.262 e. The molecule has 7 heteroatoms. The second kappa shape index (κ2) is 8.74. The summed E-state index contributed by atoms with van der Waals surface area (Å²) in [6, 6.07) is 23.7. The summed E-state index contributed by atoms with van der Waals surface area (Å²) in [5, 5.41) is 0.491. The van der Waals surface area contributed by atoms with Crippen LogP contribution in [0.25, 0.3) is 10.9 Å². The van der Waals surface area contributed by atoms with Crippen molar-refractivity contribution in [3.63, 3.8) is 0 Å². The van der Waals surface area contributed by atoms with Crippen molar-refractivity contribution in [2.24, 2.45) is 5.41 Å². The zero-order valence-electron chi connectivity index (χ0n) is 23.4. The molecule has 1 aromatic heterocycles. The molecule has 3 aromatic carbocycles. The number of hydrogen-bond donors (Lipinski definition) is 0. The van der Waals surface area contributed by atoms with E-state index in [2.05, 4.69) is 26.5 Å². The fourth-order valence-electron chi connectivity index (χ4n) is 7.66. The van der Waals surface area contributed by atoms with Gasteiger partial charge in [0.05, 0.1) is 16.9 Å². The average molecular weight is 545 g/mol. The third-order valence-corrected chi connectivity index (χ3v) is 9.70. The summed E-state index contributed by atoms with van der Waals surface area (Å²) in [5.74, 6) is 0.270. The van der Waals surface area contributed by atoms with Crippen LogP contribution in [0.15, 0.2) is 96.3 Å². The molecule has 0 spiro atoms. The van der Waals surface area contributed by atoms with E-state index in [1.165, 1.54) is 0 Å². The minimum absolute atomic E-state index is 0.133. The van der Waals surface area contributed by atoms with Crippen molar-refractivity contribution < 1.29 is 9.59 Å². The van der Waals surface area contributed by atoms with Gasteiger partial charge in [-0.1, -0.05) is 80.6 Å². The Morgan fingerprint density at radius 3 is 2.44 bits per heavy atom. The van der Waals surface area contributed by atoms with Gasteiger partial charge in [0.1, 0.15) is 18.0 Å². The van der Waals surface area contributed by atoms with Crippen molar-refractivity contribution in [1.29, 1.82) is 0 Å². The highest BCUT2D eigenvalue weighted by Gasteiger charge is 2.69. The molecule has 41 heavy (non-hydrogen) atoms. The smallest absolute Gasteiger partial charge is 0.262 e. The molecule has 4 aromatic rings. The lowest BCUT2D eigenvalue weighted by Crippen LogP contribution is -2.60. The topological polar surface area (TPSA) is 75.5 Å². The van der Waals surface area contributed by atoms with E-state index in [4.69, 9.17) is 4.98 Å². The molecule has 2 amide bonds. The van der Waals surface area contributed by atoms with Crippen molar-refractivity contribution in [3.8, 4) is 0 Å². The molecule has 7 nitrogen and oxygen atoms in total. The van der Waals surface area contributed by atoms with Gasteiger partial charge in [0.15, 0.2) is 0 Å². The Labute approximate surface area is 238 Å².